The van der Waals surface area contributed by atoms with E-state index >= 15 is 0 Å². The van der Waals surface area contributed by atoms with Crippen molar-refractivity contribution in [2.75, 3.05) is 0 Å². The third-order valence-corrected chi connectivity index (χ3v) is 16.9. The largest absolute Gasteiger partial charge is 0.332 e. The monoisotopic (exact) mass is 1090 g/mol. The number of benzene rings is 6. The van der Waals surface area contributed by atoms with Crippen molar-refractivity contribution in [2.45, 2.75) is 68.6 Å². The molecule has 1 aliphatic rings. The molecule has 0 atom stereocenters. The summed E-state index contributed by atoms with van der Waals surface area (Å²) in [7, 11) is 0. The minimum atomic E-state index is -1.83. The number of fused-ring (bicyclic) bond motifs is 4. The quantitative estimate of drug-likeness (QED) is 0.0907. The van der Waals surface area contributed by atoms with E-state index in [4.69, 9.17) is 9.40 Å². The Morgan fingerprint density at radius 2 is 1.32 bits per heavy atom. The van der Waals surface area contributed by atoms with Gasteiger partial charge in [0.25, 0.3) is 0 Å². The molecule has 325 valence electrons. The van der Waals surface area contributed by atoms with Gasteiger partial charge in [0.2, 0.25) is 0 Å². The zero-order chi connectivity index (χ0) is 43.6. The molecule has 6 aromatic carbocycles. The topological polar surface area (TPSA) is 56.7 Å². The molecule has 10 aromatic rings. The second-order valence-electron chi connectivity index (χ2n) is 18.1. The zero-order valence-corrected chi connectivity index (χ0v) is 41.9. The van der Waals surface area contributed by atoms with Gasteiger partial charge in [-0.2, -0.15) is 0 Å². The van der Waals surface area contributed by atoms with Gasteiger partial charge >= 0.3 is 144 Å². The van der Waals surface area contributed by atoms with E-state index < -0.39 is 13.3 Å². The molecule has 1 radical (unpaired) electrons. The maximum absolute atomic E-state index is 5.83. The fourth-order valence-corrected chi connectivity index (χ4v) is 11.4. The van der Waals surface area contributed by atoms with E-state index in [-0.39, 0.29) is 20.1 Å². The molecule has 0 unspecified atom stereocenters. The predicted molar refractivity (Wildman–Crippen MR) is 268 cm³/mol. The summed E-state index contributed by atoms with van der Waals surface area (Å²) in [6, 6.07) is 62.6. The Morgan fingerprint density at radius 3 is 1.97 bits per heavy atom. The summed E-state index contributed by atoms with van der Waals surface area (Å²) in [4.78, 5) is 14.3. The van der Waals surface area contributed by atoms with Crippen molar-refractivity contribution in [1.82, 2.24) is 19.5 Å². The third kappa shape index (κ3) is 9.31. The number of aromatic nitrogens is 4. The number of hydrogen-bond acceptors (Lipinski definition) is 4. The number of para-hydroxylation sites is 2. The van der Waals surface area contributed by atoms with Crippen molar-refractivity contribution >= 4 is 50.8 Å². The number of nitrogens with zero attached hydrogens (tertiary/aromatic N) is 4. The summed E-state index contributed by atoms with van der Waals surface area (Å²) in [6.45, 7) is 1.97. The zero-order valence-electron chi connectivity index (χ0n) is 37.4. The molecule has 0 N–H and O–H groups in total. The summed E-state index contributed by atoms with van der Waals surface area (Å²) in [5.74, 6) is 8.63. The maximum Gasteiger partial charge on any atom is 0.0774 e. The summed E-state index contributed by atoms with van der Waals surface area (Å²) in [5, 5.41) is 2.10. The first kappa shape index (κ1) is 44.3. The van der Waals surface area contributed by atoms with Crippen LogP contribution in [0.3, 0.4) is 0 Å². The number of pyridine rings is 2. The van der Waals surface area contributed by atoms with E-state index in [2.05, 4.69) is 177 Å². The molecular formula is C58H52GeIrN4O-2. The summed E-state index contributed by atoms with van der Waals surface area (Å²) in [5.41, 5.74) is 15.1. The van der Waals surface area contributed by atoms with Crippen molar-refractivity contribution in [3.63, 3.8) is 0 Å². The van der Waals surface area contributed by atoms with Crippen LogP contribution in [-0.4, -0.2) is 32.8 Å². The molecule has 0 amide bonds. The van der Waals surface area contributed by atoms with Crippen molar-refractivity contribution < 1.29 is 24.5 Å². The fourth-order valence-electron chi connectivity index (χ4n) is 9.22. The number of rotatable bonds is 7. The molecule has 0 saturated heterocycles. The number of hydrogen-bond donors (Lipinski definition) is 0. The Kier molecular flexibility index (Phi) is 13.1. The minimum Gasteiger partial charge on any atom is -0.332 e. The van der Waals surface area contributed by atoms with Crippen LogP contribution in [-0.2, 0) is 20.1 Å². The van der Waals surface area contributed by atoms with Crippen molar-refractivity contribution in [3.05, 3.63) is 187 Å². The van der Waals surface area contributed by atoms with E-state index in [1.807, 2.05) is 37.4 Å². The van der Waals surface area contributed by atoms with Gasteiger partial charge in [-0.05, 0) is 59.7 Å². The molecule has 65 heavy (non-hydrogen) atoms. The third-order valence-electron chi connectivity index (χ3n) is 12.7. The Hall–Kier alpha value is -5.92. The summed E-state index contributed by atoms with van der Waals surface area (Å²) < 4.78 is 9.62. The second kappa shape index (κ2) is 19.3. The minimum absolute atomic E-state index is 0. The van der Waals surface area contributed by atoms with Gasteiger partial charge in [0.15, 0.2) is 0 Å². The normalized spacial score (nSPS) is 13.3. The molecule has 5 nitrogen and oxygen atoms in total. The Labute approximate surface area is 398 Å². The van der Waals surface area contributed by atoms with E-state index in [9.17, 15) is 0 Å². The molecule has 0 bridgehead atoms. The second-order valence-corrected chi connectivity index (χ2v) is 28.8. The van der Waals surface area contributed by atoms with E-state index in [1.54, 1.807) is 0 Å². The number of aryl methyl sites for hydroxylation is 1. The first-order valence-electron chi connectivity index (χ1n) is 22.7. The SMILES string of the molecule is Cc1ccc2c(n1)oc1c[c-]c(-c3cc[c]([Ge]([CH3])([CH3])[CH3])cn3)cc12.[Ir].[c-]1ccccc1-c1nc2ccccc2n1-c1c(-c2ccccc2)cc(C2CCCCCC2)cc1-c1ccccc1. The first-order chi connectivity index (χ1) is 31.3. The predicted octanol–water partition coefficient (Wildman–Crippen LogP) is 15.0. The van der Waals surface area contributed by atoms with Crippen LogP contribution in [0.2, 0.25) is 17.3 Å². The van der Waals surface area contributed by atoms with Gasteiger partial charge in [0, 0.05) is 31.2 Å². The van der Waals surface area contributed by atoms with Crippen LogP contribution in [0.15, 0.2) is 168 Å². The molecule has 1 saturated carbocycles. The molecule has 0 spiro atoms. The molecule has 1 aliphatic carbocycles. The standard InChI is InChI=1S/C38H33N2.C20H19GeN2O.Ir/c1-2-7-17-28(16-6-1)32-26-33(29-18-8-3-9-19-29)37(34(27-32)30-20-10-4-11-21-30)40-36-25-15-14-24-35(36)39-38(40)31-22-12-5-13-23-31;1-13-5-8-16-17-11-14(6-10-19(17)24-20(16)23-13)18-9-7-15(12-22-18)21(2,3)4;/h3-5,8-15,18-22,24-28H,1-2,6-7,16-17H2;5,7-12H,1-4H3;/q2*-1;. The van der Waals surface area contributed by atoms with Crippen LogP contribution in [0, 0.1) is 19.1 Å². The van der Waals surface area contributed by atoms with Gasteiger partial charge in [0.05, 0.1) is 22.5 Å². The van der Waals surface area contributed by atoms with Crippen LogP contribution in [0.25, 0.3) is 83.7 Å². The smallest absolute Gasteiger partial charge is 0.0774 e. The molecule has 0 aliphatic heterocycles. The number of furan rings is 1. The average Bonchev–Trinajstić information content (AvgIpc) is 3.77. The van der Waals surface area contributed by atoms with E-state index in [1.165, 1.54) is 76.4 Å². The Bertz CT molecular complexity index is 3140. The number of imidazole rings is 1. The Morgan fingerprint density at radius 1 is 0.646 bits per heavy atom. The van der Waals surface area contributed by atoms with Crippen molar-refractivity contribution in [2.24, 2.45) is 0 Å². The van der Waals surface area contributed by atoms with Gasteiger partial charge in [-0.25, -0.2) is 0 Å². The van der Waals surface area contributed by atoms with E-state index in [0.717, 1.165) is 55.7 Å². The van der Waals surface area contributed by atoms with Gasteiger partial charge < -0.3 is 4.57 Å². The molecule has 7 heteroatoms. The van der Waals surface area contributed by atoms with Crippen LogP contribution < -0.4 is 4.40 Å². The summed E-state index contributed by atoms with van der Waals surface area (Å²) in [6.07, 6.45) is 9.89. The average molecular weight is 1090 g/mol. The van der Waals surface area contributed by atoms with Crippen LogP contribution in [0.1, 0.15) is 55.7 Å². The van der Waals surface area contributed by atoms with Crippen molar-refractivity contribution in [3.8, 4) is 50.6 Å². The maximum atomic E-state index is 5.83. The molecule has 1 fully saturated rings. The molecular weight excluding hydrogens is 1030 g/mol. The van der Waals surface area contributed by atoms with Gasteiger partial charge in [-0.15, -0.1) is 35.9 Å². The Balaban J connectivity index is 0.000000182. The van der Waals surface area contributed by atoms with Gasteiger partial charge in [-0.1, -0.05) is 98.5 Å². The fraction of sp³-hybridized carbons (Fsp3) is 0.190. The molecule has 4 heterocycles. The first-order valence-corrected chi connectivity index (χ1v) is 30.0. The van der Waals surface area contributed by atoms with Gasteiger partial charge in [0.1, 0.15) is 0 Å². The van der Waals surface area contributed by atoms with Crippen LogP contribution in [0.5, 0.6) is 0 Å². The van der Waals surface area contributed by atoms with Crippen LogP contribution >= 0.6 is 0 Å². The van der Waals surface area contributed by atoms with Crippen molar-refractivity contribution in [1.29, 1.82) is 0 Å². The van der Waals surface area contributed by atoms with Gasteiger partial charge in [-0.3, -0.25) is 4.98 Å². The summed E-state index contributed by atoms with van der Waals surface area (Å²) >= 11 is -1.83. The molecule has 11 rings (SSSR count). The molecule has 4 aromatic heterocycles. The van der Waals surface area contributed by atoms with Crippen LogP contribution in [0.4, 0.5) is 0 Å². The van der Waals surface area contributed by atoms with E-state index in [0.29, 0.717) is 11.6 Å².